The molecule has 0 aliphatic carbocycles. The number of carboxylic acid groups (broad SMARTS) is 1. The number of carbonyl (C=O) groups is 2. The molecule has 0 spiro atoms. The molecule has 0 saturated carbocycles. The standard InChI is InChI=1S/C17H18N2O5S/c1-19(15-5-3-2-4-14(15)17(18)22)25(23,24)13-9-6-12(7-10-13)8-11-16(20)21/h2-7,9-10H,8,11H2,1H3,(H2,18,22)(H,20,21). The maximum absolute atomic E-state index is 12.8. The number of carboxylic acids is 1. The van der Waals surface area contributed by atoms with Crippen LogP contribution in [0.1, 0.15) is 22.3 Å². The van der Waals surface area contributed by atoms with Crippen molar-refractivity contribution in [2.24, 2.45) is 5.73 Å². The number of para-hydroxylation sites is 1. The van der Waals surface area contributed by atoms with Gasteiger partial charge < -0.3 is 10.8 Å². The van der Waals surface area contributed by atoms with Crippen LogP contribution in [-0.2, 0) is 21.2 Å². The molecule has 2 aromatic carbocycles. The molecule has 0 unspecified atom stereocenters. The first-order valence-corrected chi connectivity index (χ1v) is 8.86. The summed E-state index contributed by atoms with van der Waals surface area (Å²) in [5.74, 6) is -1.64. The Balaban J connectivity index is 2.32. The minimum absolute atomic E-state index is 0.0298. The molecule has 1 amide bonds. The van der Waals surface area contributed by atoms with Crippen LogP contribution in [0.2, 0.25) is 0 Å². The van der Waals surface area contributed by atoms with Gasteiger partial charge in [0.25, 0.3) is 15.9 Å². The molecule has 0 heterocycles. The maximum atomic E-state index is 12.8. The van der Waals surface area contributed by atoms with Gasteiger partial charge in [-0.15, -0.1) is 0 Å². The number of aryl methyl sites for hydroxylation is 1. The van der Waals surface area contributed by atoms with E-state index in [0.717, 1.165) is 9.87 Å². The van der Waals surface area contributed by atoms with Crippen molar-refractivity contribution in [2.75, 3.05) is 11.4 Å². The molecule has 0 atom stereocenters. The third kappa shape index (κ3) is 4.16. The summed E-state index contributed by atoms with van der Waals surface area (Å²) in [5, 5.41) is 8.69. The Morgan fingerprint density at radius 2 is 1.68 bits per heavy atom. The van der Waals surface area contributed by atoms with Crippen molar-refractivity contribution in [3.63, 3.8) is 0 Å². The van der Waals surface area contributed by atoms with Crippen molar-refractivity contribution in [1.29, 1.82) is 0 Å². The van der Waals surface area contributed by atoms with Crippen LogP contribution in [0.5, 0.6) is 0 Å². The topological polar surface area (TPSA) is 118 Å². The number of rotatable bonds is 7. The van der Waals surface area contributed by atoms with E-state index >= 15 is 0 Å². The third-order valence-electron chi connectivity index (χ3n) is 3.72. The number of carbonyl (C=O) groups excluding carboxylic acids is 1. The van der Waals surface area contributed by atoms with Crippen LogP contribution in [0.25, 0.3) is 0 Å². The molecule has 7 nitrogen and oxygen atoms in total. The zero-order valence-corrected chi connectivity index (χ0v) is 14.4. The first kappa shape index (κ1) is 18.5. The summed E-state index contributed by atoms with van der Waals surface area (Å²) in [6.07, 6.45) is 0.286. The van der Waals surface area contributed by atoms with Crippen molar-refractivity contribution in [1.82, 2.24) is 0 Å². The van der Waals surface area contributed by atoms with Gasteiger partial charge in [0.15, 0.2) is 0 Å². The van der Waals surface area contributed by atoms with E-state index in [1.807, 2.05) is 0 Å². The smallest absolute Gasteiger partial charge is 0.303 e. The third-order valence-corrected chi connectivity index (χ3v) is 5.50. The van der Waals surface area contributed by atoms with Crippen LogP contribution in [0, 0.1) is 0 Å². The molecule has 2 aromatic rings. The first-order valence-electron chi connectivity index (χ1n) is 7.42. The molecule has 0 aromatic heterocycles. The van der Waals surface area contributed by atoms with Gasteiger partial charge in [-0.25, -0.2) is 8.42 Å². The molecule has 0 radical (unpaired) electrons. The van der Waals surface area contributed by atoms with Crippen LogP contribution in [0.4, 0.5) is 5.69 Å². The van der Waals surface area contributed by atoms with E-state index in [4.69, 9.17) is 10.8 Å². The van der Waals surface area contributed by atoms with E-state index < -0.39 is 21.9 Å². The number of primary amides is 1. The molecule has 0 bridgehead atoms. The number of anilines is 1. The molecule has 8 heteroatoms. The molecule has 3 N–H and O–H groups in total. The van der Waals surface area contributed by atoms with Gasteiger partial charge in [0.1, 0.15) is 0 Å². The molecule has 0 aliphatic heterocycles. The minimum atomic E-state index is -3.89. The Labute approximate surface area is 145 Å². The normalized spacial score (nSPS) is 11.1. The van der Waals surface area contributed by atoms with Gasteiger partial charge in [-0.1, -0.05) is 24.3 Å². The highest BCUT2D eigenvalue weighted by Gasteiger charge is 2.24. The molecule has 0 fully saturated rings. The summed E-state index contributed by atoms with van der Waals surface area (Å²) in [6, 6.07) is 12.1. The second-order valence-electron chi connectivity index (χ2n) is 5.39. The lowest BCUT2D eigenvalue weighted by Gasteiger charge is -2.21. The Hall–Kier alpha value is -2.87. The van der Waals surface area contributed by atoms with E-state index in [9.17, 15) is 18.0 Å². The number of sulfonamides is 1. The maximum Gasteiger partial charge on any atom is 0.303 e. The number of nitrogens with zero attached hydrogens (tertiary/aromatic N) is 1. The Bertz CT molecular complexity index is 892. The monoisotopic (exact) mass is 362 g/mol. The molecular formula is C17H18N2O5S. The predicted octanol–water partition coefficient (Wildman–Crippen LogP) is 1.63. The number of benzene rings is 2. The Kier molecular flexibility index (Phi) is 5.43. The number of hydrogen-bond acceptors (Lipinski definition) is 4. The van der Waals surface area contributed by atoms with E-state index in [2.05, 4.69) is 0 Å². The SMILES string of the molecule is CN(c1ccccc1C(N)=O)S(=O)(=O)c1ccc(CCC(=O)O)cc1. The van der Waals surface area contributed by atoms with E-state index in [1.54, 1.807) is 24.3 Å². The quantitative estimate of drug-likeness (QED) is 0.776. The van der Waals surface area contributed by atoms with Crippen molar-refractivity contribution in [3.8, 4) is 0 Å². The Morgan fingerprint density at radius 1 is 1.08 bits per heavy atom. The van der Waals surface area contributed by atoms with E-state index in [1.165, 1.54) is 31.3 Å². The number of amides is 1. The lowest BCUT2D eigenvalue weighted by Crippen LogP contribution is -2.29. The summed E-state index contributed by atoms with van der Waals surface area (Å²) in [7, 11) is -2.54. The van der Waals surface area contributed by atoms with Crippen LogP contribution in [-0.4, -0.2) is 32.4 Å². The predicted molar refractivity (Wildman–Crippen MR) is 92.9 cm³/mol. The summed E-state index contributed by atoms with van der Waals surface area (Å²) < 4.78 is 26.5. The lowest BCUT2D eigenvalue weighted by molar-refractivity contribution is -0.136. The fourth-order valence-corrected chi connectivity index (χ4v) is 3.54. The molecule has 0 aliphatic rings. The zero-order valence-electron chi connectivity index (χ0n) is 13.5. The van der Waals surface area contributed by atoms with E-state index in [-0.39, 0.29) is 22.6 Å². The van der Waals surface area contributed by atoms with Gasteiger partial charge in [-0.3, -0.25) is 13.9 Å². The molecule has 132 valence electrons. The lowest BCUT2D eigenvalue weighted by atomic mass is 10.1. The van der Waals surface area contributed by atoms with Gasteiger partial charge in [-0.05, 0) is 36.2 Å². The van der Waals surface area contributed by atoms with Gasteiger partial charge >= 0.3 is 5.97 Å². The summed E-state index contributed by atoms with van der Waals surface area (Å²) >= 11 is 0. The van der Waals surface area contributed by atoms with Gasteiger partial charge in [0.2, 0.25) is 0 Å². The fourth-order valence-electron chi connectivity index (χ4n) is 2.32. The highest BCUT2D eigenvalue weighted by molar-refractivity contribution is 7.92. The van der Waals surface area contributed by atoms with Crippen molar-refractivity contribution in [2.45, 2.75) is 17.7 Å². The second kappa shape index (κ2) is 7.35. The molecular weight excluding hydrogens is 344 g/mol. The van der Waals surface area contributed by atoms with Gasteiger partial charge in [0, 0.05) is 13.5 Å². The van der Waals surface area contributed by atoms with Crippen LogP contribution in [0.3, 0.4) is 0 Å². The summed E-state index contributed by atoms with van der Waals surface area (Å²) in [6.45, 7) is 0. The molecule has 25 heavy (non-hydrogen) atoms. The van der Waals surface area contributed by atoms with Crippen molar-refractivity contribution in [3.05, 3.63) is 59.7 Å². The number of hydrogen-bond donors (Lipinski definition) is 2. The summed E-state index contributed by atoms with van der Waals surface area (Å²) in [4.78, 5) is 22.1. The summed E-state index contributed by atoms with van der Waals surface area (Å²) in [5.41, 5.74) is 6.32. The number of aliphatic carboxylic acids is 1. The highest BCUT2D eigenvalue weighted by atomic mass is 32.2. The van der Waals surface area contributed by atoms with Crippen LogP contribution >= 0.6 is 0 Å². The average Bonchev–Trinajstić information content (AvgIpc) is 2.59. The molecule has 2 rings (SSSR count). The van der Waals surface area contributed by atoms with Crippen molar-refractivity contribution < 1.29 is 23.1 Å². The van der Waals surface area contributed by atoms with Gasteiger partial charge in [-0.2, -0.15) is 0 Å². The van der Waals surface area contributed by atoms with Gasteiger partial charge in [0.05, 0.1) is 16.1 Å². The second-order valence-corrected chi connectivity index (χ2v) is 7.36. The average molecular weight is 362 g/mol. The fraction of sp³-hybridized carbons (Fsp3) is 0.176. The minimum Gasteiger partial charge on any atom is -0.481 e. The highest BCUT2D eigenvalue weighted by Crippen LogP contribution is 2.25. The van der Waals surface area contributed by atoms with Crippen LogP contribution in [0.15, 0.2) is 53.4 Å². The van der Waals surface area contributed by atoms with E-state index in [0.29, 0.717) is 6.42 Å². The van der Waals surface area contributed by atoms with Crippen molar-refractivity contribution >= 4 is 27.6 Å². The van der Waals surface area contributed by atoms with Crippen LogP contribution < -0.4 is 10.0 Å². The first-order chi connectivity index (χ1) is 11.7. The molecule has 0 saturated heterocycles. The Morgan fingerprint density at radius 3 is 2.24 bits per heavy atom. The number of nitrogens with two attached hydrogens (primary N) is 1. The zero-order chi connectivity index (χ0) is 18.6. The largest absolute Gasteiger partial charge is 0.481 e.